The SMILES string of the molecule is C=Cc1ccc(S(N)(=O)=O)c(-c2ccccc2)c1. The van der Waals surface area contributed by atoms with E-state index < -0.39 is 10.0 Å². The summed E-state index contributed by atoms with van der Waals surface area (Å²) in [5.41, 5.74) is 2.25. The first kappa shape index (κ1) is 12.5. The fourth-order valence-corrected chi connectivity index (χ4v) is 2.51. The summed E-state index contributed by atoms with van der Waals surface area (Å²) in [6.07, 6.45) is 1.67. The van der Waals surface area contributed by atoms with Crippen molar-refractivity contribution in [3.8, 4) is 11.1 Å². The van der Waals surface area contributed by atoms with Gasteiger partial charge in [0, 0.05) is 5.56 Å². The lowest BCUT2D eigenvalue weighted by Gasteiger charge is -2.09. The number of benzene rings is 2. The summed E-state index contributed by atoms with van der Waals surface area (Å²) >= 11 is 0. The predicted molar refractivity (Wildman–Crippen MR) is 73.3 cm³/mol. The maximum Gasteiger partial charge on any atom is 0.238 e. The Kier molecular flexibility index (Phi) is 3.32. The molecule has 0 unspecified atom stereocenters. The van der Waals surface area contributed by atoms with Gasteiger partial charge in [-0.2, -0.15) is 0 Å². The fraction of sp³-hybridized carbons (Fsp3) is 0. The highest BCUT2D eigenvalue weighted by Gasteiger charge is 2.15. The largest absolute Gasteiger partial charge is 0.238 e. The Bertz CT molecular complexity index is 676. The Hall–Kier alpha value is -1.91. The third kappa shape index (κ3) is 2.50. The van der Waals surface area contributed by atoms with Crippen molar-refractivity contribution in [3.05, 3.63) is 60.7 Å². The molecule has 0 amide bonds. The van der Waals surface area contributed by atoms with Crippen LogP contribution < -0.4 is 5.14 Å². The van der Waals surface area contributed by atoms with Gasteiger partial charge < -0.3 is 0 Å². The van der Waals surface area contributed by atoms with E-state index in [1.165, 1.54) is 6.07 Å². The Balaban J connectivity index is 2.74. The van der Waals surface area contributed by atoms with Gasteiger partial charge in [0.25, 0.3) is 0 Å². The van der Waals surface area contributed by atoms with Crippen LogP contribution in [0.1, 0.15) is 5.56 Å². The molecule has 0 aromatic heterocycles. The van der Waals surface area contributed by atoms with E-state index in [0.717, 1.165) is 11.1 Å². The Morgan fingerprint density at radius 1 is 1.06 bits per heavy atom. The Morgan fingerprint density at radius 3 is 2.28 bits per heavy atom. The minimum Gasteiger partial charge on any atom is -0.225 e. The van der Waals surface area contributed by atoms with Gasteiger partial charge in [-0.3, -0.25) is 0 Å². The number of sulfonamides is 1. The average Bonchev–Trinajstić information content (AvgIpc) is 2.38. The zero-order valence-electron chi connectivity index (χ0n) is 9.71. The molecule has 4 heteroatoms. The molecule has 2 rings (SSSR count). The van der Waals surface area contributed by atoms with Crippen LogP contribution in [0.2, 0.25) is 0 Å². The van der Waals surface area contributed by atoms with E-state index in [1.807, 2.05) is 30.3 Å². The maximum atomic E-state index is 11.6. The van der Waals surface area contributed by atoms with Crippen molar-refractivity contribution in [3.63, 3.8) is 0 Å². The van der Waals surface area contributed by atoms with Crippen LogP contribution >= 0.6 is 0 Å². The highest BCUT2D eigenvalue weighted by atomic mass is 32.2. The van der Waals surface area contributed by atoms with Gasteiger partial charge in [0.15, 0.2) is 0 Å². The smallest absolute Gasteiger partial charge is 0.225 e. The molecule has 0 heterocycles. The molecule has 0 aliphatic rings. The first-order chi connectivity index (χ1) is 8.52. The van der Waals surface area contributed by atoms with Crippen LogP contribution in [-0.2, 0) is 10.0 Å². The molecule has 0 fully saturated rings. The Labute approximate surface area is 107 Å². The van der Waals surface area contributed by atoms with E-state index in [9.17, 15) is 8.42 Å². The summed E-state index contributed by atoms with van der Waals surface area (Å²) in [4.78, 5) is 0.124. The van der Waals surface area contributed by atoms with Crippen molar-refractivity contribution < 1.29 is 8.42 Å². The molecule has 0 radical (unpaired) electrons. The molecule has 0 bridgehead atoms. The van der Waals surface area contributed by atoms with Crippen molar-refractivity contribution in [2.75, 3.05) is 0 Å². The lowest BCUT2D eigenvalue weighted by Crippen LogP contribution is -2.13. The molecule has 3 nitrogen and oxygen atoms in total. The van der Waals surface area contributed by atoms with Crippen LogP contribution in [0, 0.1) is 0 Å². The zero-order valence-corrected chi connectivity index (χ0v) is 10.5. The minimum atomic E-state index is -3.74. The summed E-state index contributed by atoms with van der Waals surface area (Å²) < 4.78 is 23.2. The van der Waals surface area contributed by atoms with E-state index in [-0.39, 0.29) is 4.90 Å². The van der Waals surface area contributed by atoms with Crippen molar-refractivity contribution in [2.45, 2.75) is 4.90 Å². The second-order valence-electron chi connectivity index (χ2n) is 3.87. The molecule has 0 aliphatic carbocycles. The second kappa shape index (κ2) is 4.76. The normalized spacial score (nSPS) is 11.2. The number of nitrogens with two attached hydrogens (primary N) is 1. The molecule has 18 heavy (non-hydrogen) atoms. The van der Waals surface area contributed by atoms with Gasteiger partial charge >= 0.3 is 0 Å². The highest BCUT2D eigenvalue weighted by molar-refractivity contribution is 7.89. The van der Waals surface area contributed by atoms with Gasteiger partial charge in [0.1, 0.15) is 0 Å². The quantitative estimate of drug-likeness (QED) is 0.921. The Morgan fingerprint density at radius 2 is 1.72 bits per heavy atom. The first-order valence-corrected chi connectivity index (χ1v) is 6.92. The summed E-state index contributed by atoms with van der Waals surface area (Å²) in [5, 5.41) is 5.23. The zero-order chi connectivity index (χ0) is 13.2. The van der Waals surface area contributed by atoms with Gasteiger partial charge in [-0.1, -0.05) is 49.1 Å². The molecule has 0 spiro atoms. The minimum absolute atomic E-state index is 0.124. The van der Waals surface area contributed by atoms with Gasteiger partial charge in [-0.25, -0.2) is 13.6 Å². The lowest BCUT2D eigenvalue weighted by molar-refractivity contribution is 0.598. The van der Waals surface area contributed by atoms with E-state index in [0.29, 0.717) is 5.56 Å². The van der Waals surface area contributed by atoms with Crippen molar-refractivity contribution in [1.82, 2.24) is 0 Å². The standard InChI is InChI=1S/C14H13NO2S/c1-2-11-8-9-14(18(15,16)17)13(10-11)12-6-4-3-5-7-12/h2-10H,1H2,(H2,15,16,17). The molecule has 0 atom stereocenters. The highest BCUT2D eigenvalue weighted by Crippen LogP contribution is 2.27. The summed E-state index contributed by atoms with van der Waals surface area (Å²) in [5.74, 6) is 0. The van der Waals surface area contributed by atoms with Crippen LogP contribution in [0.4, 0.5) is 0 Å². The molecular weight excluding hydrogens is 246 g/mol. The number of hydrogen-bond acceptors (Lipinski definition) is 2. The number of hydrogen-bond donors (Lipinski definition) is 1. The maximum absolute atomic E-state index is 11.6. The van der Waals surface area contributed by atoms with Crippen LogP contribution in [0.5, 0.6) is 0 Å². The van der Waals surface area contributed by atoms with Crippen molar-refractivity contribution in [1.29, 1.82) is 0 Å². The summed E-state index contributed by atoms with van der Waals surface area (Å²) in [6, 6.07) is 14.2. The topological polar surface area (TPSA) is 60.2 Å². The monoisotopic (exact) mass is 259 g/mol. The molecule has 92 valence electrons. The van der Waals surface area contributed by atoms with Crippen LogP contribution in [0.25, 0.3) is 17.2 Å². The second-order valence-corrected chi connectivity index (χ2v) is 5.40. The van der Waals surface area contributed by atoms with Gasteiger partial charge in [-0.15, -0.1) is 0 Å². The van der Waals surface area contributed by atoms with E-state index in [4.69, 9.17) is 5.14 Å². The molecule has 2 aromatic rings. The summed E-state index contributed by atoms with van der Waals surface area (Å²) in [6.45, 7) is 3.68. The summed E-state index contributed by atoms with van der Waals surface area (Å²) in [7, 11) is -3.74. The van der Waals surface area contributed by atoms with Crippen LogP contribution in [-0.4, -0.2) is 8.42 Å². The lowest BCUT2D eigenvalue weighted by atomic mass is 10.0. The third-order valence-electron chi connectivity index (χ3n) is 2.63. The average molecular weight is 259 g/mol. The van der Waals surface area contributed by atoms with Crippen molar-refractivity contribution in [2.24, 2.45) is 5.14 Å². The first-order valence-electron chi connectivity index (χ1n) is 5.37. The van der Waals surface area contributed by atoms with Gasteiger partial charge in [0.2, 0.25) is 10.0 Å². The molecule has 0 saturated carbocycles. The molecule has 0 saturated heterocycles. The van der Waals surface area contributed by atoms with Gasteiger partial charge in [0.05, 0.1) is 4.90 Å². The number of rotatable bonds is 3. The van der Waals surface area contributed by atoms with E-state index in [2.05, 4.69) is 6.58 Å². The molecular formula is C14H13NO2S. The fourth-order valence-electron chi connectivity index (χ4n) is 1.77. The van der Waals surface area contributed by atoms with Gasteiger partial charge in [-0.05, 0) is 23.3 Å². The van der Waals surface area contributed by atoms with E-state index >= 15 is 0 Å². The third-order valence-corrected chi connectivity index (χ3v) is 3.60. The molecule has 2 aromatic carbocycles. The number of primary sulfonamides is 1. The molecule has 0 aliphatic heterocycles. The van der Waals surface area contributed by atoms with E-state index in [1.54, 1.807) is 18.2 Å². The van der Waals surface area contributed by atoms with Crippen LogP contribution in [0.3, 0.4) is 0 Å². The molecule has 2 N–H and O–H groups in total. The predicted octanol–water partition coefficient (Wildman–Crippen LogP) is 2.64. The van der Waals surface area contributed by atoms with Crippen molar-refractivity contribution >= 4 is 16.1 Å². The van der Waals surface area contributed by atoms with Crippen LogP contribution in [0.15, 0.2) is 60.0 Å².